The van der Waals surface area contributed by atoms with Crippen molar-refractivity contribution in [2.24, 2.45) is 0 Å². The van der Waals surface area contributed by atoms with Gasteiger partial charge in [0.05, 0.1) is 22.3 Å². The monoisotopic (exact) mass is 493 g/mol. The number of thioether (sulfide) groups is 1. The molecule has 0 unspecified atom stereocenters. The summed E-state index contributed by atoms with van der Waals surface area (Å²) in [6.07, 6.45) is 1.69. The third-order valence-corrected chi connectivity index (χ3v) is 7.16. The normalized spacial score (nSPS) is 11.5. The Bertz CT molecular complexity index is 1800. The van der Waals surface area contributed by atoms with Crippen molar-refractivity contribution in [3.05, 3.63) is 106 Å². The van der Waals surface area contributed by atoms with Gasteiger partial charge in [-0.1, -0.05) is 59.3 Å². The molecule has 0 amide bonds. The molecule has 6 rings (SSSR count). The van der Waals surface area contributed by atoms with E-state index in [1.807, 2.05) is 65.9 Å². The summed E-state index contributed by atoms with van der Waals surface area (Å²) in [5.41, 5.74) is 6.63. The Balaban J connectivity index is 1.40. The third-order valence-electron chi connectivity index (χ3n) is 6.20. The molecule has 3 aromatic heterocycles. The van der Waals surface area contributed by atoms with Crippen LogP contribution < -0.4 is 5.56 Å². The molecule has 0 atom stereocenters. The fourth-order valence-corrected chi connectivity index (χ4v) is 5.20. The first kappa shape index (κ1) is 22.3. The maximum absolute atomic E-state index is 13.5. The smallest absolute Gasteiger partial charge is 0.267 e. The number of nitrogens with zero attached hydrogens (tertiary/aromatic N) is 5. The van der Waals surface area contributed by atoms with Crippen molar-refractivity contribution in [3.8, 4) is 17.1 Å². The highest BCUT2D eigenvalue weighted by molar-refractivity contribution is 7.98. The molecular formula is C28H23N5O2S. The number of fused-ring (bicyclic) bond motifs is 3. The zero-order chi connectivity index (χ0) is 24.8. The molecule has 3 heterocycles. The predicted octanol–water partition coefficient (Wildman–Crippen LogP) is 5.91. The van der Waals surface area contributed by atoms with E-state index in [9.17, 15) is 4.79 Å². The van der Waals surface area contributed by atoms with Crippen LogP contribution in [0.5, 0.6) is 0 Å². The molecule has 0 aliphatic rings. The fourth-order valence-electron chi connectivity index (χ4n) is 4.39. The van der Waals surface area contributed by atoms with Gasteiger partial charge in [-0.05, 0) is 56.7 Å². The molecule has 0 N–H and O–H groups in total. The largest absolute Gasteiger partial charge is 0.444 e. The van der Waals surface area contributed by atoms with E-state index in [-0.39, 0.29) is 5.56 Å². The molecule has 6 aromatic rings. The third kappa shape index (κ3) is 3.79. The zero-order valence-corrected chi connectivity index (χ0v) is 20.9. The summed E-state index contributed by atoms with van der Waals surface area (Å²) in [6, 6.07) is 21.6. The van der Waals surface area contributed by atoms with Crippen LogP contribution in [0.2, 0.25) is 0 Å². The van der Waals surface area contributed by atoms with Gasteiger partial charge in [0.25, 0.3) is 5.56 Å². The maximum atomic E-state index is 13.5. The number of hydrogen-bond donors (Lipinski definition) is 0. The van der Waals surface area contributed by atoms with E-state index in [1.54, 1.807) is 10.8 Å². The van der Waals surface area contributed by atoms with Crippen LogP contribution in [0.3, 0.4) is 0 Å². The van der Waals surface area contributed by atoms with E-state index < -0.39 is 0 Å². The number of aryl methyl sites for hydroxylation is 3. The number of oxazole rings is 1. The summed E-state index contributed by atoms with van der Waals surface area (Å²) in [4.78, 5) is 18.2. The van der Waals surface area contributed by atoms with Crippen molar-refractivity contribution in [1.82, 2.24) is 24.1 Å². The minimum atomic E-state index is -0.125. The van der Waals surface area contributed by atoms with Gasteiger partial charge in [0.1, 0.15) is 6.26 Å². The van der Waals surface area contributed by atoms with Gasteiger partial charge in [-0.2, -0.15) is 0 Å². The maximum Gasteiger partial charge on any atom is 0.267 e. The van der Waals surface area contributed by atoms with Crippen molar-refractivity contribution in [2.45, 2.75) is 31.7 Å². The topological polar surface area (TPSA) is 78.2 Å². The average Bonchev–Trinajstić information content (AvgIpc) is 3.51. The van der Waals surface area contributed by atoms with Gasteiger partial charge in [-0.3, -0.25) is 9.20 Å². The summed E-state index contributed by atoms with van der Waals surface area (Å²) in [5, 5.41) is 10.2. The van der Waals surface area contributed by atoms with Gasteiger partial charge in [0.2, 0.25) is 11.7 Å². The Morgan fingerprint density at radius 3 is 2.50 bits per heavy atom. The number of aromatic nitrogens is 5. The van der Waals surface area contributed by atoms with Gasteiger partial charge in [0, 0.05) is 11.3 Å². The molecule has 0 fully saturated rings. The second-order valence-electron chi connectivity index (χ2n) is 8.86. The van der Waals surface area contributed by atoms with E-state index >= 15 is 0 Å². The van der Waals surface area contributed by atoms with Crippen LogP contribution in [-0.4, -0.2) is 24.1 Å². The van der Waals surface area contributed by atoms with Crippen molar-refractivity contribution in [2.75, 3.05) is 0 Å². The molecule has 0 aliphatic carbocycles. The van der Waals surface area contributed by atoms with Gasteiger partial charge in [-0.25, -0.2) is 9.55 Å². The zero-order valence-electron chi connectivity index (χ0n) is 20.1. The summed E-state index contributed by atoms with van der Waals surface area (Å²) >= 11 is 1.50. The Morgan fingerprint density at radius 1 is 0.917 bits per heavy atom. The molecule has 8 heteroatoms. The molecule has 0 aliphatic heterocycles. The standard InChI is InChI=1S/C28H23N5O2S/c1-17-8-11-21(12-9-17)32-26(34)23-6-4-5-7-24(23)33-27(32)30-31-28(33)36-16-20-15-35-25(29-20)22-13-10-18(2)14-19(22)3/h4-15H,16H2,1-3H3. The molecule has 178 valence electrons. The molecule has 36 heavy (non-hydrogen) atoms. The van der Waals surface area contributed by atoms with Crippen LogP contribution in [0.15, 0.2) is 87.4 Å². The fraction of sp³-hybridized carbons (Fsp3) is 0.143. The lowest BCUT2D eigenvalue weighted by molar-refractivity contribution is 0.573. The second-order valence-corrected chi connectivity index (χ2v) is 9.80. The van der Waals surface area contributed by atoms with Crippen molar-refractivity contribution >= 4 is 28.4 Å². The molecule has 7 nitrogen and oxygen atoms in total. The first-order valence-electron chi connectivity index (χ1n) is 11.6. The average molecular weight is 494 g/mol. The number of para-hydroxylation sites is 1. The van der Waals surface area contributed by atoms with Gasteiger partial charge < -0.3 is 4.42 Å². The molecule has 0 radical (unpaired) electrons. The Morgan fingerprint density at radius 2 is 1.69 bits per heavy atom. The Kier molecular flexibility index (Phi) is 5.45. The molecule has 0 saturated carbocycles. The molecule has 0 spiro atoms. The summed E-state index contributed by atoms with van der Waals surface area (Å²) in [7, 11) is 0. The number of rotatable bonds is 5. The molecule has 0 bridgehead atoms. The van der Waals surface area contributed by atoms with Crippen LogP contribution >= 0.6 is 11.8 Å². The highest BCUT2D eigenvalue weighted by atomic mass is 32.2. The highest BCUT2D eigenvalue weighted by Gasteiger charge is 2.18. The van der Waals surface area contributed by atoms with Crippen LogP contribution in [-0.2, 0) is 5.75 Å². The first-order chi connectivity index (χ1) is 17.5. The number of hydrogen-bond acceptors (Lipinski definition) is 6. The summed E-state index contributed by atoms with van der Waals surface area (Å²) in [5.74, 6) is 1.63. The Hall–Kier alpha value is -4.17. The SMILES string of the molecule is Cc1ccc(-n2c(=O)c3ccccc3n3c(SCc4coc(-c5ccc(C)cc5C)n4)nnc23)cc1. The quantitative estimate of drug-likeness (QED) is 0.278. The Labute approximate surface area is 211 Å². The van der Waals surface area contributed by atoms with E-state index in [2.05, 4.69) is 36.2 Å². The first-order valence-corrected chi connectivity index (χ1v) is 12.6. The highest BCUT2D eigenvalue weighted by Crippen LogP contribution is 2.28. The van der Waals surface area contributed by atoms with Gasteiger partial charge in [0.15, 0.2) is 5.16 Å². The van der Waals surface area contributed by atoms with E-state index in [1.165, 1.54) is 17.3 Å². The van der Waals surface area contributed by atoms with Gasteiger partial charge in [-0.15, -0.1) is 10.2 Å². The van der Waals surface area contributed by atoms with Crippen LogP contribution in [0.25, 0.3) is 33.8 Å². The van der Waals surface area contributed by atoms with Gasteiger partial charge >= 0.3 is 0 Å². The van der Waals surface area contributed by atoms with Crippen LogP contribution in [0, 0.1) is 20.8 Å². The van der Waals surface area contributed by atoms with Crippen molar-refractivity contribution in [3.63, 3.8) is 0 Å². The number of benzene rings is 3. The minimum absolute atomic E-state index is 0.125. The molecule has 3 aromatic carbocycles. The lowest BCUT2D eigenvalue weighted by Crippen LogP contribution is -2.21. The van der Waals surface area contributed by atoms with Crippen molar-refractivity contribution < 1.29 is 4.42 Å². The summed E-state index contributed by atoms with van der Waals surface area (Å²) in [6.45, 7) is 6.14. The predicted molar refractivity (Wildman–Crippen MR) is 142 cm³/mol. The minimum Gasteiger partial charge on any atom is -0.444 e. The van der Waals surface area contributed by atoms with Crippen LogP contribution in [0.1, 0.15) is 22.4 Å². The van der Waals surface area contributed by atoms with Crippen molar-refractivity contribution in [1.29, 1.82) is 0 Å². The summed E-state index contributed by atoms with van der Waals surface area (Å²) < 4.78 is 9.34. The van der Waals surface area contributed by atoms with Crippen LogP contribution in [0.4, 0.5) is 0 Å². The lowest BCUT2D eigenvalue weighted by Gasteiger charge is -2.11. The van der Waals surface area contributed by atoms with E-state index in [0.717, 1.165) is 33.6 Å². The molecule has 0 saturated heterocycles. The lowest BCUT2D eigenvalue weighted by atomic mass is 10.1. The van der Waals surface area contributed by atoms with E-state index in [0.29, 0.717) is 28.0 Å². The second kappa shape index (κ2) is 8.80. The van der Waals surface area contributed by atoms with E-state index in [4.69, 9.17) is 9.40 Å². The molecular weight excluding hydrogens is 470 g/mol.